The molecule has 0 saturated carbocycles. The summed E-state index contributed by atoms with van der Waals surface area (Å²) in [5.41, 5.74) is 1.52. The molecule has 20 heavy (non-hydrogen) atoms. The van der Waals surface area contributed by atoms with Crippen LogP contribution in [0.2, 0.25) is 0 Å². The number of carbonyl (C=O) groups is 1. The van der Waals surface area contributed by atoms with Crippen molar-refractivity contribution in [1.29, 1.82) is 0 Å². The second kappa shape index (κ2) is 7.41. The van der Waals surface area contributed by atoms with E-state index in [1.165, 1.54) is 44.5 Å². The summed E-state index contributed by atoms with van der Waals surface area (Å²) < 4.78 is 0. The lowest BCUT2D eigenvalue weighted by molar-refractivity contribution is 0.0697. The van der Waals surface area contributed by atoms with Crippen LogP contribution < -0.4 is 0 Å². The Hall–Kier alpha value is -1.39. The number of nitrogens with zero attached hydrogens (tertiary/aromatic N) is 2. The molecule has 0 unspecified atom stereocenters. The van der Waals surface area contributed by atoms with Gasteiger partial charge in [-0.3, -0.25) is 0 Å². The second-order valence-corrected chi connectivity index (χ2v) is 5.64. The number of rotatable bonds is 7. The van der Waals surface area contributed by atoms with Gasteiger partial charge in [-0.2, -0.15) is 0 Å². The van der Waals surface area contributed by atoms with Crippen molar-refractivity contribution in [2.24, 2.45) is 0 Å². The van der Waals surface area contributed by atoms with Crippen LogP contribution in [0, 0.1) is 0 Å². The largest absolute Gasteiger partial charge is 0.478 e. The first kappa shape index (κ1) is 15.0. The predicted molar refractivity (Wildman–Crippen MR) is 80.0 cm³/mol. The Bertz CT molecular complexity index is 425. The third-order valence-electron chi connectivity index (χ3n) is 3.87. The predicted octanol–water partition coefficient (Wildman–Crippen LogP) is 2.30. The van der Waals surface area contributed by atoms with Crippen LogP contribution in [0.4, 0.5) is 0 Å². The highest BCUT2D eigenvalue weighted by molar-refractivity contribution is 5.87. The molecule has 1 aliphatic heterocycles. The highest BCUT2D eigenvalue weighted by Gasteiger charge is 2.11. The Balaban J connectivity index is 1.70. The molecule has 1 aromatic carbocycles. The first-order valence-corrected chi connectivity index (χ1v) is 7.38. The van der Waals surface area contributed by atoms with E-state index in [9.17, 15) is 4.79 Å². The maximum Gasteiger partial charge on any atom is 0.335 e. The Morgan fingerprint density at radius 1 is 1.25 bits per heavy atom. The standard InChI is InChI=1S/C16H24N2O2/c1-17(9-4-12-18-10-2-3-11-18)13-14-5-7-15(8-6-14)16(19)20/h5-8H,2-4,9-13H2,1H3,(H,19,20). The van der Waals surface area contributed by atoms with Gasteiger partial charge in [-0.15, -0.1) is 0 Å². The van der Waals surface area contributed by atoms with Gasteiger partial charge in [0.25, 0.3) is 0 Å². The molecule has 1 saturated heterocycles. The van der Waals surface area contributed by atoms with E-state index < -0.39 is 5.97 Å². The molecule has 0 atom stereocenters. The molecule has 0 bridgehead atoms. The third kappa shape index (κ3) is 4.62. The van der Waals surface area contributed by atoms with E-state index in [0.29, 0.717) is 5.56 Å². The summed E-state index contributed by atoms with van der Waals surface area (Å²) in [5.74, 6) is -0.865. The van der Waals surface area contributed by atoms with Gasteiger partial charge in [0.1, 0.15) is 0 Å². The van der Waals surface area contributed by atoms with Crippen LogP contribution in [0.15, 0.2) is 24.3 Å². The molecule has 1 aromatic rings. The summed E-state index contributed by atoms with van der Waals surface area (Å²) >= 11 is 0. The van der Waals surface area contributed by atoms with E-state index in [-0.39, 0.29) is 0 Å². The van der Waals surface area contributed by atoms with Gasteiger partial charge in [-0.25, -0.2) is 4.79 Å². The molecule has 1 N–H and O–H groups in total. The maximum atomic E-state index is 10.8. The molecule has 1 fully saturated rings. The highest BCUT2D eigenvalue weighted by Crippen LogP contribution is 2.09. The first-order chi connectivity index (χ1) is 9.65. The van der Waals surface area contributed by atoms with Crippen molar-refractivity contribution < 1.29 is 9.90 Å². The zero-order valence-corrected chi connectivity index (χ0v) is 12.2. The molecule has 4 heteroatoms. The van der Waals surface area contributed by atoms with Gasteiger partial charge in [-0.1, -0.05) is 12.1 Å². The molecule has 1 aliphatic rings. The van der Waals surface area contributed by atoms with E-state index in [1.54, 1.807) is 12.1 Å². The second-order valence-electron chi connectivity index (χ2n) is 5.64. The van der Waals surface area contributed by atoms with Crippen molar-refractivity contribution in [3.8, 4) is 0 Å². The van der Waals surface area contributed by atoms with Crippen molar-refractivity contribution in [3.63, 3.8) is 0 Å². The fraction of sp³-hybridized carbons (Fsp3) is 0.562. The number of hydrogen-bond acceptors (Lipinski definition) is 3. The van der Waals surface area contributed by atoms with Gasteiger partial charge in [0.05, 0.1) is 5.56 Å². The number of likely N-dealkylation sites (tertiary alicyclic amines) is 1. The minimum Gasteiger partial charge on any atom is -0.478 e. The van der Waals surface area contributed by atoms with Crippen LogP contribution >= 0.6 is 0 Å². The minimum absolute atomic E-state index is 0.352. The van der Waals surface area contributed by atoms with Gasteiger partial charge in [0, 0.05) is 6.54 Å². The van der Waals surface area contributed by atoms with Crippen molar-refractivity contribution in [1.82, 2.24) is 9.80 Å². The van der Waals surface area contributed by atoms with Crippen LogP contribution in [-0.2, 0) is 6.54 Å². The van der Waals surface area contributed by atoms with Gasteiger partial charge >= 0.3 is 5.97 Å². The Kier molecular flexibility index (Phi) is 5.56. The Morgan fingerprint density at radius 2 is 1.90 bits per heavy atom. The molecular formula is C16H24N2O2. The van der Waals surface area contributed by atoms with Crippen LogP contribution in [0.25, 0.3) is 0 Å². The smallest absolute Gasteiger partial charge is 0.335 e. The van der Waals surface area contributed by atoms with Crippen LogP contribution in [0.1, 0.15) is 35.2 Å². The van der Waals surface area contributed by atoms with Gasteiger partial charge in [0.2, 0.25) is 0 Å². The fourth-order valence-electron chi connectivity index (χ4n) is 2.71. The minimum atomic E-state index is -0.865. The fourth-order valence-corrected chi connectivity index (χ4v) is 2.71. The number of carboxylic acids is 1. The molecule has 0 spiro atoms. The molecule has 1 heterocycles. The molecule has 0 aromatic heterocycles. The SMILES string of the molecule is CN(CCCN1CCCC1)Cc1ccc(C(=O)O)cc1. The highest BCUT2D eigenvalue weighted by atomic mass is 16.4. The molecule has 0 aliphatic carbocycles. The van der Waals surface area contributed by atoms with Crippen molar-refractivity contribution in [2.75, 3.05) is 33.2 Å². The lowest BCUT2D eigenvalue weighted by atomic mass is 10.1. The van der Waals surface area contributed by atoms with Crippen molar-refractivity contribution >= 4 is 5.97 Å². The van der Waals surface area contributed by atoms with Crippen LogP contribution in [0.5, 0.6) is 0 Å². The summed E-state index contributed by atoms with van der Waals surface area (Å²) in [6, 6.07) is 7.16. The lowest BCUT2D eigenvalue weighted by Gasteiger charge is -2.19. The quantitative estimate of drug-likeness (QED) is 0.830. The average Bonchev–Trinajstić information content (AvgIpc) is 2.92. The molecular weight excluding hydrogens is 252 g/mol. The zero-order valence-electron chi connectivity index (χ0n) is 12.2. The third-order valence-corrected chi connectivity index (χ3v) is 3.87. The van der Waals surface area contributed by atoms with Gasteiger partial charge in [0.15, 0.2) is 0 Å². The number of carboxylic acid groups (broad SMARTS) is 1. The summed E-state index contributed by atoms with van der Waals surface area (Å²) in [6.45, 7) is 5.68. The van der Waals surface area contributed by atoms with Crippen LogP contribution in [-0.4, -0.2) is 54.1 Å². The number of aromatic carboxylic acids is 1. The molecule has 4 nitrogen and oxygen atoms in total. The van der Waals surface area contributed by atoms with E-state index in [2.05, 4.69) is 16.8 Å². The summed E-state index contributed by atoms with van der Waals surface area (Å²) in [6.07, 6.45) is 3.90. The molecule has 0 radical (unpaired) electrons. The summed E-state index contributed by atoms with van der Waals surface area (Å²) in [4.78, 5) is 15.6. The first-order valence-electron chi connectivity index (χ1n) is 7.38. The molecule has 2 rings (SSSR count). The zero-order chi connectivity index (χ0) is 14.4. The van der Waals surface area contributed by atoms with E-state index >= 15 is 0 Å². The Labute approximate surface area is 121 Å². The van der Waals surface area contributed by atoms with Crippen molar-refractivity contribution in [3.05, 3.63) is 35.4 Å². The average molecular weight is 276 g/mol. The lowest BCUT2D eigenvalue weighted by Crippen LogP contribution is -2.26. The summed E-state index contributed by atoms with van der Waals surface area (Å²) in [7, 11) is 2.12. The maximum absolute atomic E-state index is 10.8. The topological polar surface area (TPSA) is 43.8 Å². The van der Waals surface area contributed by atoms with E-state index in [0.717, 1.165) is 13.1 Å². The van der Waals surface area contributed by atoms with Gasteiger partial charge in [-0.05, 0) is 70.2 Å². The van der Waals surface area contributed by atoms with Crippen molar-refractivity contribution in [2.45, 2.75) is 25.8 Å². The normalized spacial score (nSPS) is 15.9. The van der Waals surface area contributed by atoms with Crippen LogP contribution in [0.3, 0.4) is 0 Å². The van der Waals surface area contributed by atoms with E-state index in [1.807, 2.05) is 12.1 Å². The Morgan fingerprint density at radius 3 is 2.50 bits per heavy atom. The number of hydrogen-bond donors (Lipinski definition) is 1. The molecule has 110 valence electrons. The van der Waals surface area contributed by atoms with Gasteiger partial charge < -0.3 is 14.9 Å². The molecule has 0 amide bonds. The monoisotopic (exact) mass is 276 g/mol. The van der Waals surface area contributed by atoms with E-state index in [4.69, 9.17) is 5.11 Å². The number of benzene rings is 1. The summed E-state index contributed by atoms with van der Waals surface area (Å²) in [5, 5.41) is 8.86.